The van der Waals surface area contributed by atoms with Crippen molar-refractivity contribution in [1.82, 2.24) is 19.3 Å². The molecule has 0 radical (unpaired) electrons. The molecule has 106 valence electrons. The minimum atomic E-state index is -0.298. The molecule has 0 atom stereocenters. The van der Waals surface area contributed by atoms with Gasteiger partial charge in [-0.1, -0.05) is 23.7 Å². The van der Waals surface area contributed by atoms with Crippen molar-refractivity contribution in [2.45, 2.75) is 13.5 Å². The summed E-state index contributed by atoms with van der Waals surface area (Å²) in [5, 5.41) is 5.04. The van der Waals surface area contributed by atoms with E-state index in [0.717, 1.165) is 0 Å². The molecule has 7 heteroatoms. The van der Waals surface area contributed by atoms with Crippen molar-refractivity contribution in [2.24, 2.45) is 0 Å². The summed E-state index contributed by atoms with van der Waals surface area (Å²) in [6.45, 7) is 1.42. The van der Waals surface area contributed by atoms with E-state index in [1.165, 1.54) is 28.7 Å². The number of halogens is 1. The van der Waals surface area contributed by atoms with Crippen LogP contribution in [0.1, 0.15) is 6.92 Å². The van der Waals surface area contributed by atoms with E-state index >= 15 is 0 Å². The average molecular weight is 303 g/mol. The summed E-state index contributed by atoms with van der Waals surface area (Å²) in [6.07, 6.45) is 2.78. The predicted octanol–water partition coefficient (Wildman–Crippen LogP) is 1.82. The van der Waals surface area contributed by atoms with Crippen molar-refractivity contribution < 1.29 is 4.79 Å². The third kappa shape index (κ3) is 2.34. The summed E-state index contributed by atoms with van der Waals surface area (Å²) in [4.78, 5) is 27.7. The minimum Gasteiger partial charge on any atom is -0.298 e. The molecule has 0 fully saturated rings. The van der Waals surface area contributed by atoms with E-state index < -0.39 is 0 Å². The highest BCUT2D eigenvalue weighted by molar-refractivity contribution is 6.32. The summed E-state index contributed by atoms with van der Waals surface area (Å²) < 4.78 is 2.78. The predicted molar refractivity (Wildman–Crippen MR) is 78.8 cm³/mol. The fourth-order valence-corrected chi connectivity index (χ4v) is 2.32. The number of para-hydroxylation sites is 1. The van der Waals surface area contributed by atoms with Gasteiger partial charge >= 0.3 is 0 Å². The molecular weight excluding hydrogens is 292 g/mol. The molecule has 0 saturated carbocycles. The monoisotopic (exact) mass is 302 g/mol. The van der Waals surface area contributed by atoms with Crippen LogP contribution in [0.5, 0.6) is 0 Å². The molecule has 0 unspecified atom stereocenters. The van der Waals surface area contributed by atoms with Crippen molar-refractivity contribution in [1.29, 1.82) is 0 Å². The normalized spacial score (nSPS) is 11.0. The van der Waals surface area contributed by atoms with Crippen LogP contribution in [0, 0.1) is 0 Å². The van der Waals surface area contributed by atoms with Crippen LogP contribution in [0.15, 0.2) is 41.6 Å². The smallest absolute Gasteiger partial charge is 0.264 e. The maximum atomic E-state index is 12.3. The third-order valence-corrected chi connectivity index (χ3v) is 3.35. The zero-order valence-corrected chi connectivity index (χ0v) is 11.9. The van der Waals surface area contributed by atoms with Gasteiger partial charge in [-0.2, -0.15) is 5.10 Å². The van der Waals surface area contributed by atoms with Gasteiger partial charge in [0, 0.05) is 0 Å². The van der Waals surface area contributed by atoms with Gasteiger partial charge in [0.2, 0.25) is 0 Å². The Hall–Kier alpha value is -2.47. The second-order valence-electron chi connectivity index (χ2n) is 4.62. The van der Waals surface area contributed by atoms with E-state index in [1.54, 1.807) is 12.1 Å². The average Bonchev–Trinajstić information content (AvgIpc) is 2.86. The molecule has 6 nitrogen and oxygen atoms in total. The van der Waals surface area contributed by atoms with E-state index in [1.807, 2.05) is 12.1 Å². The van der Waals surface area contributed by atoms with Crippen molar-refractivity contribution in [3.63, 3.8) is 0 Å². The van der Waals surface area contributed by atoms with E-state index in [0.29, 0.717) is 21.7 Å². The van der Waals surface area contributed by atoms with Crippen molar-refractivity contribution >= 4 is 28.4 Å². The first-order valence-corrected chi connectivity index (χ1v) is 6.63. The lowest BCUT2D eigenvalue weighted by atomic mass is 10.3. The van der Waals surface area contributed by atoms with Crippen LogP contribution in [0.2, 0.25) is 5.02 Å². The molecular formula is C14H11ClN4O2. The van der Waals surface area contributed by atoms with Crippen LogP contribution in [-0.4, -0.2) is 25.1 Å². The molecule has 0 saturated heterocycles. The molecule has 0 N–H and O–H groups in total. The van der Waals surface area contributed by atoms with Crippen LogP contribution in [-0.2, 0) is 11.3 Å². The summed E-state index contributed by atoms with van der Waals surface area (Å²) in [5.41, 5.74) is 0.756. The lowest BCUT2D eigenvalue weighted by Crippen LogP contribution is -2.23. The molecule has 0 aliphatic carbocycles. The number of fused-ring (bicyclic) bond motifs is 1. The molecule has 3 aromatic rings. The zero-order valence-electron chi connectivity index (χ0n) is 11.2. The van der Waals surface area contributed by atoms with Gasteiger partial charge in [-0.3, -0.25) is 14.2 Å². The number of carbonyl (C=O) groups is 1. The molecule has 1 aromatic carbocycles. The molecule has 21 heavy (non-hydrogen) atoms. The van der Waals surface area contributed by atoms with Crippen molar-refractivity contribution in [2.75, 3.05) is 0 Å². The van der Waals surface area contributed by atoms with Crippen LogP contribution in [0.3, 0.4) is 0 Å². The Balaban J connectivity index is 2.21. The first kappa shape index (κ1) is 13.5. The molecule has 2 aromatic heterocycles. The third-order valence-electron chi connectivity index (χ3n) is 3.03. The van der Waals surface area contributed by atoms with Gasteiger partial charge in [0.1, 0.15) is 17.5 Å². The number of Topliss-reactive ketones (excluding diaryl/α,β-unsaturated/α-hetero) is 1. The summed E-state index contributed by atoms with van der Waals surface area (Å²) >= 11 is 6.14. The largest absolute Gasteiger partial charge is 0.298 e. The number of rotatable bonds is 3. The Kier molecular flexibility index (Phi) is 3.31. The van der Waals surface area contributed by atoms with Crippen LogP contribution in [0.25, 0.3) is 16.7 Å². The van der Waals surface area contributed by atoms with Crippen LogP contribution < -0.4 is 5.56 Å². The minimum absolute atomic E-state index is 0.000946. The number of carbonyl (C=O) groups excluding carboxylic acids is 1. The number of nitrogens with zero attached hydrogens (tertiary/aromatic N) is 4. The van der Waals surface area contributed by atoms with Gasteiger partial charge in [0.05, 0.1) is 23.5 Å². The Morgan fingerprint density at radius 2 is 2.10 bits per heavy atom. The fraction of sp³-hybridized carbons (Fsp3) is 0.143. The second-order valence-corrected chi connectivity index (χ2v) is 5.03. The molecule has 0 spiro atoms. The maximum absolute atomic E-state index is 12.3. The van der Waals surface area contributed by atoms with Gasteiger partial charge in [0.15, 0.2) is 5.65 Å². The van der Waals surface area contributed by atoms with Crippen LogP contribution in [0.4, 0.5) is 0 Å². The number of aromatic nitrogens is 4. The quantitative estimate of drug-likeness (QED) is 0.740. The number of hydrogen-bond donors (Lipinski definition) is 0. The van der Waals surface area contributed by atoms with Gasteiger partial charge in [0.25, 0.3) is 5.56 Å². The van der Waals surface area contributed by atoms with E-state index in [4.69, 9.17) is 11.6 Å². The summed E-state index contributed by atoms with van der Waals surface area (Å²) in [6, 6.07) is 7.16. The maximum Gasteiger partial charge on any atom is 0.264 e. The Morgan fingerprint density at radius 3 is 2.81 bits per heavy atom. The van der Waals surface area contributed by atoms with Gasteiger partial charge < -0.3 is 0 Å². The number of benzene rings is 1. The topological polar surface area (TPSA) is 69.8 Å². The first-order chi connectivity index (χ1) is 10.1. The lowest BCUT2D eigenvalue weighted by Gasteiger charge is -2.06. The highest BCUT2D eigenvalue weighted by Gasteiger charge is 2.13. The molecule has 0 aliphatic heterocycles. The first-order valence-electron chi connectivity index (χ1n) is 6.25. The molecule has 0 aliphatic rings. The van der Waals surface area contributed by atoms with E-state index in [9.17, 15) is 9.59 Å². The summed E-state index contributed by atoms with van der Waals surface area (Å²) in [5.74, 6) is -0.114. The van der Waals surface area contributed by atoms with E-state index in [2.05, 4.69) is 10.1 Å². The number of hydrogen-bond acceptors (Lipinski definition) is 4. The Labute approximate surface area is 124 Å². The SMILES string of the molecule is CC(=O)Cn1cnc2c(cnn2-c2ccccc2Cl)c1=O. The standard InChI is InChI=1S/C14H11ClN4O2/c1-9(20)7-18-8-16-13-10(14(18)21)6-17-19(13)12-5-3-2-4-11(12)15/h2-6,8H,7H2,1H3. The van der Waals surface area contributed by atoms with Crippen molar-refractivity contribution in [3.8, 4) is 5.69 Å². The lowest BCUT2D eigenvalue weighted by molar-refractivity contribution is -0.117. The molecule has 3 rings (SSSR count). The van der Waals surface area contributed by atoms with Gasteiger partial charge in [-0.05, 0) is 19.1 Å². The fourth-order valence-electron chi connectivity index (χ4n) is 2.10. The highest BCUT2D eigenvalue weighted by Crippen LogP contribution is 2.21. The highest BCUT2D eigenvalue weighted by atomic mass is 35.5. The zero-order chi connectivity index (χ0) is 15.0. The molecule has 2 heterocycles. The van der Waals surface area contributed by atoms with Gasteiger partial charge in [-0.25, -0.2) is 9.67 Å². The summed E-state index contributed by atoms with van der Waals surface area (Å²) in [7, 11) is 0. The Bertz CT molecular complexity index is 897. The van der Waals surface area contributed by atoms with Crippen LogP contribution >= 0.6 is 11.6 Å². The Morgan fingerprint density at radius 1 is 1.33 bits per heavy atom. The second kappa shape index (κ2) is 5.14. The van der Waals surface area contributed by atoms with Gasteiger partial charge in [-0.15, -0.1) is 0 Å². The van der Waals surface area contributed by atoms with Crippen molar-refractivity contribution in [3.05, 3.63) is 52.2 Å². The molecule has 0 bridgehead atoms. The van der Waals surface area contributed by atoms with E-state index in [-0.39, 0.29) is 17.9 Å². The molecule has 0 amide bonds. The number of ketones is 1.